The van der Waals surface area contributed by atoms with Crippen LogP contribution in [0.15, 0.2) is 15.5 Å². The molecule has 1 aliphatic carbocycles. The average molecular weight is 296 g/mol. The second-order valence-electron chi connectivity index (χ2n) is 3.94. The molecule has 0 radical (unpaired) electrons. The molecule has 6 heteroatoms. The van der Waals surface area contributed by atoms with E-state index in [4.69, 9.17) is 0 Å². The van der Waals surface area contributed by atoms with Gasteiger partial charge in [-0.15, -0.1) is 0 Å². The predicted molar refractivity (Wildman–Crippen MR) is 56.4 cm³/mol. The van der Waals surface area contributed by atoms with Crippen LogP contribution in [0.5, 0.6) is 0 Å². The highest BCUT2D eigenvalue weighted by atomic mass is 79.9. The van der Waals surface area contributed by atoms with Gasteiger partial charge >= 0.3 is 6.18 Å². The van der Waals surface area contributed by atoms with Gasteiger partial charge in [-0.1, -0.05) is 0 Å². The van der Waals surface area contributed by atoms with Gasteiger partial charge in [-0.25, -0.2) is 0 Å². The molecule has 1 heterocycles. The Bertz CT molecular complexity index is 488. The molecule has 0 aliphatic heterocycles. The Labute approximate surface area is 98.2 Å². The molecule has 0 unspecified atom stereocenters. The molecule has 1 aromatic rings. The zero-order valence-electron chi connectivity index (χ0n) is 8.44. The third-order valence-corrected chi connectivity index (χ3v) is 3.59. The van der Waals surface area contributed by atoms with Gasteiger partial charge in [-0.05, 0) is 41.3 Å². The highest BCUT2D eigenvalue weighted by Crippen LogP contribution is 2.38. The number of nitrogens with zero attached hydrogens (tertiary/aromatic N) is 1. The molecule has 16 heavy (non-hydrogen) atoms. The molecule has 0 N–H and O–H groups in total. The average Bonchev–Trinajstić information content (AvgIpc) is 2.92. The van der Waals surface area contributed by atoms with Gasteiger partial charge in [0, 0.05) is 16.7 Å². The first kappa shape index (κ1) is 11.7. The fourth-order valence-corrected chi connectivity index (χ4v) is 2.11. The summed E-state index contributed by atoms with van der Waals surface area (Å²) in [5, 5.41) is 0. The van der Waals surface area contributed by atoms with E-state index in [9.17, 15) is 18.0 Å². The van der Waals surface area contributed by atoms with Crippen LogP contribution in [0.1, 0.15) is 30.0 Å². The lowest BCUT2D eigenvalue weighted by atomic mass is 10.2. The first-order valence-corrected chi connectivity index (χ1v) is 5.60. The molecule has 0 aromatic carbocycles. The van der Waals surface area contributed by atoms with Gasteiger partial charge in [0.2, 0.25) is 0 Å². The van der Waals surface area contributed by atoms with E-state index in [-0.39, 0.29) is 10.5 Å². The third kappa shape index (κ3) is 1.90. The second-order valence-corrected chi connectivity index (χ2v) is 4.74. The number of pyridine rings is 1. The predicted octanol–water partition coefficient (Wildman–Crippen LogP) is 3.27. The molecule has 1 aliphatic rings. The van der Waals surface area contributed by atoms with Crippen molar-refractivity contribution in [3.05, 3.63) is 32.2 Å². The van der Waals surface area contributed by atoms with Crippen LogP contribution in [0.2, 0.25) is 0 Å². The summed E-state index contributed by atoms with van der Waals surface area (Å²) in [7, 11) is 0. The Kier molecular flexibility index (Phi) is 2.64. The lowest BCUT2D eigenvalue weighted by Crippen LogP contribution is -2.29. The van der Waals surface area contributed by atoms with Crippen molar-refractivity contribution in [3.63, 3.8) is 0 Å². The normalized spacial score (nSPS) is 16.6. The fourth-order valence-electron chi connectivity index (χ4n) is 1.61. The van der Waals surface area contributed by atoms with Crippen molar-refractivity contribution in [1.82, 2.24) is 4.57 Å². The maximum atomic E-state index is 12.7. The zero-order valence-corrected chi connectivity index (χ0v) is 10.0. The van der Waals surface area contributed by atoms with Crippen LogP contribution in [0.3, 0.4) is 0 Å². The molecule has 0 amide bonds. The minimum absolute atomic E-state index is 0.0552. The quantitative estimate of drug-likeness (QED) is 0.779. The third-order valence-electron chi connectivity index (χ3n) is 2.57. The van der Waals surface area contributed by atoms with Crippen LogP contribution in [-0.2, 0) is 6.18 Å². The Hall–Kier alpha value is -0.780. The van der Waals surface area contributed by atoms with Crippen molar-refractivity contribution in [2.45, 2.75) is 32.0 Å². The number of rotatable bonds is 1. The van der Waals surface area contributed by atoms with E-state index >= 15 is 0 Å². The fraction of sp³-hybridized carbons (Fsp3) is 0.500. The van der Waals surface area contributed by atoms with Crippen molar-refractivity contribution >= 4 is 15.9 Å². The summed E-state index contributed by atoms with van der Waals surface area (Å²) >= 11 is 2.84. The number of aromatic nitrogens is 1. The van der Waals surface area contributed by atoms with Crippen molar-refractivity contribution in [2.75, 3.05) is 0 Å². The number of alkyl halides is 3. The summed E-state index contributed by atoms with van der Waals surface area (Å²) in [5.74, 6) is 0. The molecule has 2 nitrogen and oxygen atoms in total. The molecule has 88 valence electrons. The lowest BCUT2D eigenvalue weighted by molar-refractivity contribution is -0.139. The minimum Gasteiger partial charge on any atom is -0.312 e. The van der Waals surface area contributed by atoms with Crippen LogP contribution in [0.4, 0.5) is 13.2 Å². The van der Waals surface area contributed by atoms with E-state index in [0.29, 0.717) is 5.56 Å². The molecular formula is C10H9BrF3NO. The van der Waals surface area contributed by atoms with E-state index < -0.39 is 17.3 Å². The molecule has 1 saturated carbocycles. The van der Waals surface area contributed by atoms with Gasteiger partial charge in [0.15, 0.2) is 0 Å². The number of halogens is 4. The molecule has 1 fully saturated rings. The summed E-state index contributed by atoms with van der Waals surface area (Å²) in [6.45, 7) is 1.55. The summed E-state index contributed by atoms with van der Waals surface area (Å²) in [6, 6.07) is -0.0552. The summed E-state index contributed by atoms with van der Waals surface area (Å²) in [4.78, 5) is 11.7. The standard InChI is InChI=1S/C10H9BrF3NO/c1-5-4-15(6-2-3-6)9(16)7(8(5)11)10(12,13)14/h4,6H,2-3H2,1H3. The molecule has 0 spiro atoms. The monoisotopic (exact) mass is 295 g/mol. The van der Waals surface area contributed by atoms with E-state index in [0.717, 1.165) is 12.8 Å². The van der Waals surface area contributed by atoms with Gasteiger partial charge < -0.3 is 4.57 Å². The maximum absolute atomic E-state index is 12.7. The van der Waals surface area contributed by atoms with Crippen LogP contribution >= 0.6 is 15.9 Å². The molecule has 1 aromatic heterocycles. The first-order chi connectivity index (χ1) is 7.32. The molecule has 2 rings (SSSR count). The highest BCUT2D eigenvalue weighted by Gasteiger charge is 2.39. The SMILES string of the molecule is Cc1cn(C2CC2)c(=O)c(C(F)(F)F)c1Br. The lowest BCUT2D eigenvalue weighted by Gasteiger charge is -2.14. The molecule has 0 bridgehead atoms. The zero-order chi connectivity index (χ0) is 12.1. The number of hydrogen-bond donors (Lipinski definition) is 0. The van der Waals surface area contributed by atoms with Gasteiger partial charge in [0.05, 0.1) is 0 Å². The Morgan fingerprint density at radius 2 is 2.00 bits per heavy atom. The van der Waals surface area contributed by atoms with Crippen molar-refractivity contribution in [1.29, 1.82) is 0 Å². The van der Waals surface area contributed by atoms with Crippen LogP contribution in [0.25, 0.3) is 0 Å². The minimum atomic E-state index is -4.61. The van der Waals surface area contributed by atoms with Gasteiger partial charge in [-0.2, -0.15) is 13.2 Å². The van der Waals surface area contributed by atoms with E-state index in [1.54, 1.807) is 6.92 Å². The Morgan fingerprint density at radius 3 is 2.44 bits per heavy atom. The Balaban J connectivity index is 2.71. The van der Waals surface area contributed by atoms with Crippen molar-refractivity contribution < 1.29 is 13.2 Å². The van der Waals surface area contributed by atoms with E-state index in [1.165, 1.54) is 10.8 Å². The van der Waals surface area contributed by atoms with Gasteiger partial charge in [0.25, 0.3) is 5.56 Å². The highest BCUT2D eigenvalue weighted by molar-refractivity contribution is 9.10. The smallest absolute Gasteiger partial charge is 0.312 e. The van der Waals surface area contributed by atoms with Crippen LogP contribution < -0.4 is 5.56 Å². The van der Waals surface area contributed by atoms with Crippen LogP contribution in [-0.4, -0.2) is 4.57 Å². The second kappa shape index (κ2) is 3.61. The van der Waals surface area contributed by atoms with E-state index in [2.05, 4.69) is 15.9 Å². The van der Waals surface area contributed by atoms with Gasteiger partial charge in [0.1, 0.15) is 5.56 Å². The summed E-state index contributed by atoms with van der Waals surface area (Å²) in [6.07, 6.45) is -1.57. The molecular weight excluding hydrogens is 287 g/mol. The molecule has 0 atom stereocenters. The number of aryl methyl sites for hydroxylation is 1. The van der Waals surface area contributed by atoms with Crippen molar-refractivity contribution in [3.8, 4) is 0 Å². The summed E-state index contributed by atoms with van der Waals surface area (Å²) < 4.78 is 39.2. The van der Waals surface area contributed by atoms with E-state index in [1.807, 2.05) is 0 Å². The first-order valence-electron chi connectivity index (χ1n) is 4.81. The molecule has 0 saturated heterocycles. The van der Waals surface area contributed by atoms with Gasteiger partial charge in [-0.3, -0.25) is 4.79 Å². The topological polar surface area (TPSA) is 22.0 Å². The Morgan fingerprint density at radius 1 is 1.44 bits per heavy atom. The van der Waals surface area contributed by atoms with Crippen molar-refractivity contribution in [2.24, 2.45) is 0 Å². The number of hydrogen-bond acceptors (Lipinski definition) is 1. The largest absolute Gasteiger partial charge is 0.422 e. The maximum Gasteiger partial charge on any atom is 0.422 e. The summed E-state index contributed by atoms with van der Waals surface area (Å²) in [5.41, 5.74) is -1.62. The van der Waals surface area contributed by atoms with Crippen LogP contribution in [0, 0.1) is 6.92 Å².